The summed E-state index contributed by atoms with van der Waals surface area (Å²) >= 11 is 0. The number of rotatable bonds is 5. The molecule has 0 aromatic heterocycles. The summed E-state index contributed by atoms with van der Waals surface area (Å²) in [5.74, 6) is 0.0968. The molecule has 0 aliphatic heterocycles. The van der Waals surface area contributed by atoms with E-state index in [4.69, 9.17) is 0 Å². The fourth-order valence-corrected chi connectivity index (χ4v) is 1.25. The number of Topliss-reactive ketones (excluding diaryl/α,β-unsaturated/α-hetero) is 1. The Morgan fingerprint density at radius 3 is 2.21 bits per heavy atom. The number of hydrogen-bond acceptors (Lipinski definition) is 3. The van der Waals surface area contributed by atoms with Gasteiger partial charge in [0.2, 0.25) is 0 Å². The van der Waals surface area contributed by atoms with Gasteiger partial charge in [-0.05, 0) is 33.8 Å². The van der Waals surface area contributed by atoms with Crippen LogP contribution in [-0.2, 0) is 4.79 Å². The van der Waals surface area contributed by atoms with Crippen LogP contribution in [0, 0.1) is 0 Å². The fraction of sp³-hybridized carbons (Fsp3) is 0.727. The van der Waals surface area contributed by atoms with Crippen LogP contribution in [0.25, 0.3) is 0 Å². The zero-order chi connectivity index (χ0) is 11.4. The van der Waals surface area contributed by atoms with Crippen molar-refractivity contribution in [1.82, 2.24) is 4.90 Å². The molecule has 0 aromatic carbocycles. The summed E-state index contributed by atoms with van der Waals surface area (Å²) in [7, 11) is 0. The number of carbonyl (C=O) groups excluding carboxylic acids is 1. The fourth-order valence-electron chi connectivity index (χ4n) is 1.25. The van der Waals surface area contributed by atoms with Gasteiger partial charge in [0, 0.05) is 12.0 Å². The van der Waals surface area contributed by atoms with Crippen LogP contribution < -0.4 is 0 Å². The molecular formula is C11H21NO2. The van der Waals surface area contributed by atoms with Gasteiger partial charge in [-0.2, -0.15) is 0 Å². The van der Waals surface area contributed by atoms with Gasteiger partial charge < -0.3 is 10.0 Å². The Hall–Kier alpha value is -0.990. The molecule has 3 nitrogen and oxygen atoms in total. The molecule has 0 rings (SSSR count). The zero-order valence-corrected chi connectivity index (χ0v) is 9.63. The summed E-state index contributed by atoms with van der Waals surface area (Å²) in [5.41, 5.74) is -0.269. The normalized spacial score (nSPS) is 11.1. The zero-order valence-electron chi connectivity index (χ0n) is 9.63. The summed E-state index contributed by atoms with van der Waals surface area (Å²) < 4.78 is 0. The number of aliphatic hydroxyl groups excluding tert-OH is 1. The highest BCUT2D eigenvalue weighted by Gasteiger charge is 2.24. The third-order valence-corrected chi connectivity index (χ3v) is 1.98. The standard InChI is InChI=1S/C11H21NO2/c1-6-7-10(14)8-12(9(2)13)11(3,4)5/h13H,2,6-8H2,1,3-5H3. The number of hydrogen-bond donors (Lipinski definition) is 1. The number of carbonyl (C=O) groups is 1. The minimum absolute atomic E-state index is 0.0399. The Labute approximate surface area is 86.4 Å². The second-order valence-corrected chi connectivity index (χ2v) is 4.46. The van der Waals surface area contributed by atoms with Crippen molar-refractivity contribution in [1.29, 1.82) is 0 Å². The quantitative estimate of drug-likeness (QED) is 0.691. The van der Waals surface area contributed by atoms with Crippen molar-refractivity contribution in [2.75, 3.05) is 6.54 Å². The van der Waals surface area contributed by atoms with Gasteiger partial charge in [-0.3, -0.25) is 4.79 Å². The van der Waals surface area contributed by atoms with Crippen molar-refractivity contribution in [2.24, 2.45) is 0 Å². The smallest absolute Gasteiger partial charge is 0.180 e. The lowest BCUT2D eigenvalue weighted by Gasteiger charge is -2.35. The van der Waals surface area contributed by atoms with E-state index in [0.717, 1.165) is 6.42 Å². The van der Waals surface area contributed by atoms with Gasteiger partial charge in [-0.25, -0.2) is 0 Å². The molecule has 82 valence electrons. The monoisotopic (exact) mass is 199 g/mol. The molecule has 0 aliphatic carbocycles. The Morgan fingerprint density at radius 1 is 1.43 bits per heavy atom. The SMILES string of the molecule is C=C(O)N(CC(=O)CCC)C(C)(C)C. The Balaban J connectivity index is 4.40. The minimum atomic E-state index is -0.269. The molecule has 14 heavy (non-hydrogen) atoms. The maximum Gasteiger partial charge on any atom is 0.180 e. The molecule has 3 heteroatoms. The van der Waals surface area contributed by atoms with Crippen LogP contribution in [0.15, 0.2) is 12.5 Å². The number of aliphatic hydroxyl groups is 1. The first-order chi connectivity index (χ1) is 6.29. The van der Waals surface area contributed by atoms with Crippen LogP contribution >= 0.6 is 0 Å². The first-order valence-electron chi connectivity index (χ1n) is 4.96. The van der Waals surface area contributed by atoms with E-state index < -0.39 is 0 Å². The van der Waals surface area contributed by atoms with E-state index in [1.165, 1.54) is 0 Å². The highest BCUT2D eigenvalue weighted by Crippen LogP contribution is 2.17. The molecule has 0 amide bonds. The topological polar surface area (TPSA) is 40.5 Å². The van der Waals surface area contributed by atoms with Crippen LogP contribution in [0.4, 0.5) is 0 Å². The van der Waals surface area contributed by atoms with Crippen LogP contribution in [0.3, 0.4) is 0 Å². The predicted molar refractivity (Wildman–Crippen MR) is 58.1 cm³/mol. The first kappa shape index (κ1) is 13.0. The van der Waals surface area contributed by atoms with Crippen LogP contribution in [0.2, 0.25) is 0 Å². The molecule has 0 heterocycles. The van der Waals surface area contributed by atoms with Gasteiger partial charge in [0.15, 0.2) is 11.7 Å². The number of nitrogens with zero attached hydrogens (tertiary/aromatic N) is 1. The highest BCUT2D eigenvalue weighted by molar-refractivity contribution is 5.80. The molecule has 0 fully saturated rings. The van der Waals surface area contributed by atoms with Gasteiger partial charge >= 0.3 is 0 Å². The van der Waals surface area contributed by atoms with E-state index >= 15 is 0 Å². The molecule has 0 radical (unpaired) electrons. The van der Waals surface area contributed by atoms with Gasteiger partial charge in [-0.1, -0.05) is 6.92 Å². The highest BCUT2D eigenvalue weighted by atomic mass is 16.3. The lowest BCUT2D eigenvalue weighted by molar-refractivity contribution is -0.121. The summed E-state index contributed by atoms with van der Waals surface area (Å²) in [4.78, 5) is 13.0. The molecule has 0 saturated carbocycles. The van der Waals surface area contributed by atoms with Crippen molar-refractivity contribution in [2.45, 2.75) is 46.1 Å². The van der Waals surface area contributed by atoms with E-state index in [0.29, 0.717) is 6.42 Å². The molecule has 0 aromatic rings. The number of ketones is 1. The van der Waals surface area contributed by atoms with E-state index in [2.05, 4.69) is 6.58 Å². The Kier molecular flexibility index (Phi) is 4.68. The van der Waals surface area contributed by atoms with Crippen molar-refractivity contribution >= 4 is 5.78 Å². The maximum absolute atomic E-state index is 11.4. The van der Waals surface area contributed by atoms with E-state index in [9.17, 15) is 9.90 Å². The average molecular weight is 199 g/mol. The third-order valence-electron chi connectivity index (χ3n) is 1.98. The van der Waals surface area contributed by atoms with Gasteiger partial charge in [0.25, 0.3) is 0 Å². The van der Waals surface area contributed by atoms with Crippen molar-refractivity contribution in [3.63, 3.8) is 0 Å². The summed E-state index contributed by atoms with van der Waals surface area (Å²) in [6.07, 6.45) is 1.40. The van der Waals surface area contributed by atoms with Gasteiger partial charge in [0.1, 0.15) is 0 Å². The maximum atomic E-state index is 11.4. The molecule has 0 aliphatic rings. The van der Waals surface area contributed by atoms with Crippen molar-refractivity contribution < 1.29 is 9.90 Å². The molecule has 0 bridgehead atoms. The molecule has 0 atom stereocenters. The van der Waals surface area contributed by atoms with E-state index in [1.807, 2.05) is 27.7 Å². The molecular weight excluding hydrogens is 178 g/mol. The lowest BCUT2D eigenvalue weighted by Crippen LogP contribution is -2.43. The van der Waals surface area contributed by atoms with Crippen LogP contribution in [0.1, 0.15) is 40.5 Å². The van der Waals surface area contributed by atoms with Crippen molar-refractivity contribution in [3.8, 4) is 0 Å². The van der Waals surface area contributed by atoms with Gasteiger partial charge in [0.05, 0.1) is 6.54 Å². The van der Waals surface area contributed by atoms with Crippen LogP contribution in [-0.4, -0.2) is 27.9 Å². The van der Waals surface area contributed by atoms with Crippen LogP contribution in [0.5, 0.6) is 0 Å². The predicted octanol–water partition coefficient (Wildman–Crippen LogP) is 2.49. The third kappa shape index (κ3) is 4.30. The van der Waals surface area contributed by atoms with Crippen molar-refractivity contribution in [3.05, 3.63) is 12.5 Å². The molecule has 0 saturated heterocycles. The van der Waals surface area contributed by atoms with Gasteiger partial charge in [-0.15, -0.1) is 0 Å². The largest absolute Gasteiger partial charge is 0.495 e. The average Bonchev–Trinajstić information content (AvgIpc) is 1.98. The second kappa shape index (κ2) is 5.03. The lowest BCUT2D eigenvalue weighted by atomic mass is 10.1. The summed E-state index contributed by atoms with van der Waals surface area (Å²) in [5, 5.41) is 9.34. The van der Waals surface area contributed by atoms with E-state index in [1.54, 1.807) is 4.90 Å². The summed E-state index contributed by atoms with van der Waals surface area (Å²) in [6, 6.07) is 0. The van der Waals surface area contributed by atoms with E-state index in [-0.39, 0.29) is 23.8 Å². The minimum Gasteiger partial charge on any atom is -0.495 e. The summed E-state index contributed by atoms with van der Waals surface area (Å²) in [6.45, 7) is 11.5. The molecule has 1 N–H and O–H groups in total. The first-order valence-corrected chi connectivity index (χ1v) is 4.96. The molecule has 0 unspecified atom stereocenters. The molecule has 0 spiro atoms. The Morgan fingerprint density at radius 2 is 1.93 bits per heavy atom. The second-order valence-electron chi connectivity index (χ2n) is 4.46. The Bertz CT molecular complexity index is 216.